The Bertz CT molecular complexity index is 625. The second-order valence-electron chi connectivity index (χ2n) is 5.48. The second kappa shape index (κ2) is 6.97. The fraction of sp³-hybridized carbons (Fsp3) is 0.333. The maximum Gasteiger partial charge on any atom is 0.130 e. The van der Waals surface area contributed by atoms with Gasteiger partial charge in [-0.3, -0.25) is 0 Å². The van der Waals surface area contributed by atoms with E-state index >= 15 is 0 Å². The molecule has 2 aromatic carbocycles. The molecule has 0 aliphatic rings. The third-order valence-corrected chi connectivity index (χ3v) is 3.87. The van der Waals surface area contributed by atoms with Crippen molar-refractivity contribution in [1.29, 1.82) is 0 Å². The second-order valence-corrected chi connectivity index (χ2v) is 5.92. The molecule has 0 amide bonds. The minimum Gasteiger partial charge on any atom is -0.457 e. The first-order valence-corrected chi connectivity index (χ1v) is 7.66. The van der Waals surface area contributed by atoms with Gasteiger partial charge in [0.15, 0.2) is 0 Å². The van der Waals surface area contributed by atoms with Crippen LogP contribution >= 0.6 is 11.6 Å². The van der Waals surface area contributed by atoms with E-state index in [4.69, 9.17) is 22.1 Å². The zero-order valence-corrected chi connectivity index (χ0v) is 13.6. The lowest BCUT2D eigenvalue weighted by molar-refractivity contribution is 0.474. The van der Waals surface area contributed by atoms with Crippen LogP contribution in [0.3, 0.4) is 0 Å². The molecule has 2 nitrogen and oxygen atoms in total. The molecule has 0 saturated carbocycles. The number of ether oxygens (including phenoxy) is 1. The van der Waals surface area contributed by atoms with Gasteiger partial charge in [-0.15, -0.1) is 0 Å². The van der Waals surface area contributed by atoms with Crippen LogP contribution < -0.4 is 10.5 Å². The van der Waals surface area contributed by atoms with E-state index in [0.717, 1.165) is 40.5 Å². The first-order chi connectivity index (χ1) is 9.99. The number of aryl methyl sites for hydroxylation is 2. The predicted octanol–water partition coefficient (Wildman–Crippen LogP) is 5.03. The SMILES string of the molecule is CCC(N)Cc1ccc(C)c(Oc2ccc(Cl)cc2C)c1. The lowest BCUT2D eigenvalue weighted by Gasteiger charge is -2.14. The Labute approximate surface area is 131 Å². The van der Waals surface area contributed by atoms with Gasteiger partial charge in [0.25, 0.3) is 0 Å². The van der Waals surface area contributed by atoms with Crippen LogP contribution in [-0.4, -0.2) is 6.04 Å². The Morgan fingerprint density at radius 3 is 2.48 bits per heavy atom. The number of hydrogen-bond donors (Lipinski definition) is 1. The summed E-state index contributed by atoms with van der Waals surface area (Å²) < 4.78 is 6.05. The van der Waals surface area contributed by atoms with Crippen molar-refractivity contribution < 1.29 is 4.74 Å². The molecule has 0 heterocycles. The smallest absolute Gasteiger partial charge is 0.130 e. The molecule has 2 rings (SSSR count). The van der Waals surface area contributed by atoms with E-state index in [0.29, 0.717) is 0 Å². The molecule has 0 aliphatic carbocycles. The fourth-order valence-corrected chi connectivity index (χ4v) is 2.40. The monoisotopic (exact) mass is 303 g/mol. The molecule has 3 heteroatoms. The number of rotatable bonds is 5. The largest absolute Gasteiger partial charge is 0.457 e. The predicted molar refractivity (Wildman–Crippen MR) is 89.4 cm³/mol. The molecule has 21 heavy (non-hydrogen) atoms. The van der Waals surface area contributed by atoms with E-state index < -0.39 is 0 Å². The average molecular weight is 304 g/mol. The van der Waals surface area contributed by atoms with E-state index in [-0.39, 0.29) is 6.04 Å². The van der Waals surface area contributed by atoms with Crippen molar-refractivity contribution in [2.75, 3.05) is 0 Å². The van der Waals surface area contributed by atoms with Gasteiger partial charge in [-0.25, -0.2) is 0 Å². The highest BCUT2D eigenvalue weighted by Gasteiger charge is 2.08. The first-order valence-electron chi connectivity index (χ1n) is 7.28. The van der Waals surface area contributed by atoms with Gasteiger partial charge in [-0.05, 0) is 67.6 Å². The molecule has 0 saturated heterocycles. The molecule has 2 aromatic rings. The molecular weight excluding hydrogens is 282 g/mol. The minimum absolute atomic E-state index is 0.192. The third-order valence-electron chi connectivity index (χ3n) is 3.63. The van der Waals surface area contributed by atoms with Crippen LogP contribution in [0, 0.1) is 13.8 Å². The van der Waals surface area contributed by atoms with Gasteiger partial charge in [0, 0.05) is 11.1 Å². The van der Waals surface area contributed by atoms with Crippen molar-refractivity contribution in [3.05, 3.63) is 58.1 Å². The Morgan fingerprint density at radius 2 is 1.81 bits per heavy atom. The van der Waals surface area contributed by atoms with Crippen molar-refractivity contribution in [2.45, 2.75) is 39.7 Å². The molecular formula is C18H22ClNO. The molecule has 0 fully saturated rings. The zero-order valence-electron chi connectivity index (χ0n) is 12.8. The Hall–Kier alpha value is -1.51. The molecule has 1 unspecified atom stereocenters. The molecule has 2 N–H and O–H groups in total. The fourth-order valence-electron chi connectivity index (χ4n) is 2.17. The third kappa shape index (κ3) is 4.23. The Morgan fingerprint density at radius 1 is 1.05 bits per heavy atom. The minimum atomic E-state index is 0.192. The highest BCUT2D eigenvalue weighted by Crippen LogP contribution is 2.30. The first kappa shape index (κ1) is 15.9. The van der Waals surface area contributed by atoms with Crippen LogP contribution in [0.15, 0.2) is 36.4 Å². The van der Waals surface area contributed by atoms with Crippen molar-refractivity contribution in [3.8, 4) is 11.5 Å². The van der Waals surface area contributed by atoms with Crippen LogP contribution in [0.2, 0.25) is 5.02 Å². The van der Waals surface area contributed by atoms with Crippen LogP contribution in [0.1, 0.15) is 30.0 Å². The summed E-state index contributed by atoms with van der Waals surface area (Å²) in [6, 6.07) is 12.1. The van der Waals surface area contributed by atoms with E-state index in [1.165, 1.54) is 5.56 Å². The van der Waals surface area contributed by atoms with Crippen molar-refractivity contribution in [3.63, 3.8) is 0 Å². The highest BCUT2D eigenvalue weighted by atomic mass is 35.5. The lowest BCUT2D eigenvalue weighted by atomic mass is 10.0. The normalized spacial score (nSPS) is 12.2. The summed E-state index contributed by atoms with van der Waals surface area (Å²) in [4.78, 5) is 0. The molecule has 0 aliphatic heterocycles. The van der Waals surface area contributed by atoms with Crippen LogP contribution in [0.4, 0.5) is 0 Å². The van der Waals surface area contributed by atoms with E-state index in [1.54, 1.807) is 0 Å². The quantitative estimate of drug-likeness (QED) is 0.841. The summed E-state index contributed by atoms with van der Waals surface area (Å²) in [6.07, 6.45) is 1.84. The summed E-state index contributed by atoms with van der Waals surface area (Å²) in [5, 5.41) is 0.722. The summed E-state index contributed by atoms with van der Waals surface area (Å²) in [6.45, 7) is 6.14. The maximum absolute atomic E-state index is 6.05. The Balaban J connectivity index is 2.24. The van der Waals surface area contributed by atoms with Crippen LogP contribution in [0.5, 0.6) is 11.5 Å². The van der Waals surface area contributed by atoms with Crippen molar-refractivity contribution in [2.24, 2.45) is 5.73 Å². The van der Waals surface area contributed by atoms with Gasteiger partial charge in [-0.1, -0.05) is 30.7 Å². The standard InChI is InChI=1S/C18H22ClNO/c1-4-16(20)10-14-6-5-12(2)18(11-14)21-17-8-7-15(19)9-13(17)3/h5-9,11,16H,4,10,20H2,1-3H3. The number of halogens is 1. The number of benzene rings is 2. The van der Waals surface area contributed by atoms with Gasteiger partial charge in [0.05, 0.1) is 0 Å². The van der Waals surface area contributed by atoms with E-state index in [1.807, 2.05) is 32.0 Å². The van der Waals surface area contributed by atoms with Gasteiger partial charge in [0.1, 0.15) is 11.5 Å². The number of nitrogens with two attached hydrogens (primary N) is 1. The van der Waals surface area contributed by atoms with Gasteiger partial charge in [-0.2, -0.15) is 0 Å². The summed E-state index contributed by atoms with van der Waals surface area (Å²) in [5.74, 6) is 1.71. The average Bonchev–Trinajstić information content (AvgIpc) is 2.45. The maximum atomic E-state index is 6.05. The molecule has 112 valence electrons. The summed E-state index contributed by atoms with van der Waals surface area (Å²) >= 11 is 5.98. The molecule has 0 spiro atoms. The van der Waals surface area contributed by atoms with E-state index in [2.05, 4.69) is 25.1 Å². The topological polar surface area (TPSA) is 35.2 Å². The van der Waals surface area contributed by atoms with E-state index in [9.17, 15) is 0 Å². The van der Waals surface area contributed by atoms with Crippen molar-refractivity contribution in [1.82, 2.24) is 0 Å². The zero-order chi connectivity index (χ0) is 15.4. The van der Waals surface area contributed by atoms with Gasteiger partial charge < -0.3 is 10.5 Å². The molecule has 1 atom stereocenters. The van der Waals surface area contributed by atoms with Crippen molar-refractivity contribution >= 4 is 11.6 Å². The lowest BCUT2D eigenvalue weighted by Crippen LogP contribution is -2.21. The Kier molecular flexibility index (Phi) is 5.27. The summed E-state index contributed by atoms with van der Waals surface area (Å²) in [7, 11) is 0. The number of hydrogen-bond acceptors (Lipinski definition) is 2. The highest BCUT2D eigenvalue weighted by molar-refractivity contribution is 6.30. The van der Waals surface area contributed by atoms with Gasteiger partial charge in [0.2, 0.25) is 0 Å². The molecule has 0 aromatic heterocycles. The van der Waals surface area contributed by atoms with Crippen LogP contribution in [0.25, 0.3) is 0 Å². The van der Waals surface area contributed by atoms with Gasteiger partial charge >= 0.3 is 0 Å². The summed E-state index contributed by atoms with van der Waals surface area (Å²) in [5.41, 5.74) is 9.37. The molecule has 0 bridgehead atoms. The van der Waals surface area contributed by atoms with Crippen LogP contribution in [-0.2, 0) is 6.42 Å². The molecule has 0 radical (unpaired) electrons.